The first-order valence-corrected chi connectivity index (χ1v) is 9.22. The fourth-order valence-corrected chi connectivity index (χ4v) is 4.23. The van der Waals surface area contributed by atoms with E-state index in [-0.39, 0.29) is 11.7 Å². The highest BCUT2D eigenvalue weighted by Gasteiger charge is 2.27. The minimum atomic E-state index is -0.868. The van der Waals surface area contributed by atoms with Crippen LogP contribution in [0.25, 0.3) is 0 Å². The lowest BCUT2D eigenvalue weighted by Crippen LogP contribution is -2.51. The van der Waals surface area contributed by atoms with Crippen molar-refractivity contribution in [2.75, 3.05) is 31.9 Å². The van der Waals surface area contributed by atoms with Crippen LogP contribution < -0.4 is 0 Å². The average Bonchev–Trinajstić information content (AvgIpc) is 3.10. The number of piperazine rings is 1. The Morgan fingerprint density at radius 1 is 1.09 bits per heavy atom. The molecule has 1 aliphatic carbocycles. The van der Waals surface area contributed by atoms with Gasteiger partial charge >= 0.3 is 0 Å². The fourth-order valence-electron chi connectivity index (χ4n) is 3.41. The van der Waals surface area contributed by atoms with Crippen molar-refractivity contribution in [2.45, 2.75) is 36.6 Å². The third-order valence-electron chi connectivity index (χ3n) is 4.76. The summed E-state index contributed by atoms with van der Waals surface area (Å²) in [6.45, 7) is 3.44. The lowest BCUT2D eigenvalue weighted by Gasteiger charge is -2.38. The molecule has 1 aliphatic heterocycles. The summed E-state index contributed by atoms with van der Waals surface area (Å²) < 4.78 is 26.0. The van der Waals surface area contributed by atoms with Gasteiger partial charge in [0.2, 0.25) is 5.91 Å². The molecule has 0 spiro atoms. The van der Waals surface area contributed by atoms with Crippen LogP contribution in [0.2, 0.25) is 0 Å². The van der Waals surface area contributed by atoms with Gasteiger partial charge < -0.3 is 4.90 Å². The highest BCUT2D eigenvalue weighted by Crippen LogP contribution is 2.25. The van der Waals surface area contributed by atoms with Crippen molar-refractivity contribution in [1.29, 1.82) is 0 Å². The van der Waals surface area contributed by atoms with E-state index in [4.69, 9.17) is 0 Å². The maximum atomic E-state index is 13.2. The molecule has 1 saturated heterocycles. The fraction of sp³-hybridized carbons (Fsp3) is 0.588. The maximum Gasteiger partial charge on any atom is 0.233 e. The minimum absolute atomic E-state index is 0.0748. The molecule has 0 atom stereocenters. The number of carbonyl (C=O) groups excluding carboxylic acids is 1. The summed E-state index contributed by atoms with van der Waals surface area (Å²) >= 11 is 1.26. The number of hydrogen-bond donors (Lipinski definition) is 0. The lowest BCUT2D eigenvalue weighted by atomic mass is 10.2. The third kappa shape index (κ3) is 4.23. The number of carbonyl (C=O) groups is 1. The smallest absolute Gasteiger partial charge is 0.233 e. The molecule has 0 bridgehead atoms. The Morgan fingerprint density at radius 3 is 2.43 bits per heavy atom. The first kappa shape index (κ1) is 16.7. The Hall–Kier alpha value is -1.14. The van der Waals surface area contributed by atoms with Crippen molar-refractivity contribution in [1.82, 2.24) is 9.80 Å². The van der Waals surface area contributed by atoms with Crippen LogP contribution in [-0.2, 0) is 4.79 Å². The zero-order valence-corrected chi connectivity index (χ0v) is 14.0. The van der Waals surface area contributed by atoms with Gasteiger partial charge in [0.15, 0.2) is 11.6 Å². The minimum Gasteiger partial charge on any atom is -0.339 e. The van der Waals surface area contributed by atoms with E-state index in [0.29, 0.717) is 10.9 Å². The molecule has 0 aromatic heterocycles. The molecule has 2 fully saturated rings. The number of rotatable bonds is 4. The molecule has 1 saturated carbocycles. The molecule has 126 valence electrons. The van der Waals surface area contributed by atoms with E-state index in [1.54, 1.807) is 0 Å². The molecule has 1 amide bonds. The van der Waals surface area contributed by atoms with Gasteiger partial charge in [-0.25, -0.2) is 8.78 Å². The van der Waals surface area contributed by atoms with Gasteiger partial charge in [-0.15, -0.1) is 11.8 Å². The maximum absolute atomic E-state index is 13.2. The van der Waals surface area contributed by atoms with Gasteiger partial charge in [-0.2, -0.15) is 0 Å². The van der Waals surface area contributed by atoms with E-state index in [1.165, 1.54) is 43.5 Å². The second-order valence-corrected chi connectivity index (χ2v) is 7.27. The molecule has 3 rings (SSSR count). The van der Waals surface area contributed by atoms with Gasteiger partial charge in [0, 0.05) is 37.1 Å². The monoisotopic (exact) mass is 340 g/mol. The van der Waals surface area contributed by atoms with Crippen LogP contribution in [0, 0.1) is 11.6 Å². The summed E-state index contributed by atoms with van der Waals surface area (Å²) in [6, 6.07) is 4.46. The highest BCUT2D eigenvalue weighted by atomic mass is 32.2. The quantitative estimate of drug-likeness (QED) is 0.787. The third-order valence-corrected chi connectivity index (χ3v) is 5.74. The number of nitrogens with zero attached hydrogens (tertiary/aromatic N) is 2. The van der Waals surface area contributed by atoms with Gasteiger partial charge in [-0.3, -0.25) is 9.69 Å². The standard InChI is InChI=1S/C17H22F2N2OS/c18-15-6-5-14(11-16(15)19)23-12-17(22)21-9-7-20(8-10-21)13-3-1-2-4-13/h5-6,11,13H,1-4,7-10,12H2. The Balaban J connectivity index is 1.44. The van der Waals surface area contributed by atoms with Crippen LogP contribution in [-0.4, -0.2) is 53.7 Å². The molecule has 0 N–H and O–H groups in total. The average molecular weight is 340 g/mol. The lowest BCUT2D eigenvalue weighted by molar-refractivity contribution is -0.130. The van der Waals surface area contributed by atoms with Gasteiger partial charge in [-0.1, -0.05) is 12.8 Å². The molecule has 6 heteroatoms. The van der Waals surface area contributed by atoms with Crippen molar-refractivity contribution in [2.24, 2.45) is 0 Å². The molecule has 1 aromatic carbocycles. The van der Waals surface area contributed by atoms with Gasteiger partial charge in [0.25, 0.3) is 0 Å². The summed E-state index contributed by atoms with van der Waals surface area (Å²) in [7, 11) is 0. The number of hydrogen-bond acceptors (Lipinski definition) is 3. The topological polar surface area (TPSA) is 23.6 Å². The normalized spacial score (nSPS) is 20.2. The van der Waals surface area contributed by atoms with Crippen LogP contribution in [0.3, 0.4) is 0 Å². The van der Waals surface area contributed by atoms with Crippen LogP contribution >= 0.6 is 11.8 Å². The SMILES string of the molecule is O=C(CSc1ccc(F)c(F)c1)N1CCN(C2CCCC2)CC1. The number of amides is 1. The molecule has 23 heavy (non-hydrogen) atoms. The predicted molar refractivity (Wildman–Crippen MR) is 87.5 cm³/mol. The van der Waals surface area contributed by atoms with E-state index in [1.807, 2.05) is 4.90 Å². The number of benzene rings is 1. The molecule has 2 aliphatic rings. The van der Waals surface area contributed by atoms with Crippen molar-refractivity contribution in [3.63, 3.8) is 0 Å². The van der Waals surface area contributed by atoms with Gasteiger partial charge in [0.05, 0.1) is 5.75 Å². The second kappa shape index (κ2) is 7.62. The number of halogens is 2. The van der Waals surface area contributed by atoms with E-state index in [2.05, 4.69) is 4.90 Å². The van der Waals surface area contributed by atoms with E-state index in [0.717, 1.165) is 38.3 Å². The van der Waals surface area contributed by atoms with E-state index < -0.39 is 11.6 Å². The van der Waals surface area contributed by atoms with Crippen LogP contribution in [0.4, 0.5) is 8.78 Å². The molecular formula is C17H22F2N2OS. The molecular weight excluding hydrogens is 318 g/mol. The Kier molecular flexibility index (Phi) is 5.54. The van der Waals surface area contributed by atoms with Gasteiger partial charge in [0.1, 0.15) is 0 Å². The largest absolute Gasteiger partial charge is 0.339 e. The van der Waals surface area contributed by atoms with Crippen molar-refractivity contribution >= 4 is 17.7 Å². The second-order valence-electron chi connectivity index (χ2n) is 6.22. The summed E-state index contributed by atoms with van der Waals surface area (Å²) in [5.74, 6) is -1.38. The van der Waals surface area contributed by atoms with Crippen LogP contribution in [0.15, 0.2) is 23.1 Å². The Morgan fingerprint density at radius 2 is 1.78 bits per heavy atom. The van der Waals surface area contributed by atoms with Crippen LogP contribution in [0.1, 0.15) is 25.7 Å². The summed E-state index contributed by atoms with van der Waals surface area (Å²) in [6.07, 6.45) is 5.24. The predicted octanol–water partition coefficient (Wildman–Crippen LogP) is 3.14. The van der Waals surface area contributed by atoms with Crippen molar-refractivity contribution in [3.8, 4) is 0 Å². The number of thioether (sulfide) groups is 1. The molecule has 1 aromatic rings. The van der Waals surface area contributed by atoms with Crippen molar-refractivity contribution < 1.29 is 13.6 Å². The Bertz CT molecular complexity index is 556. The molecule has 0 unspecified atom stereocenters. The highest BCUT2D eigenvalue weighted by molar-refractivity contribution is 8.00. The zero-order chi connectivity index (χ0) is 16.2. The van der Waals surface area contributed by atoms with Gasteiger partial charge in [-0.05, 0) is 31.0 Å². The molecule has 3 nitrogen and oxygen atoms in total. The summed E-state index contributed by atoms with van der Waals surface area (Å²) in [5, 5.41) is 0. The van der Waals surface area contributed by atoms with E-state index >= 15 is 0 Å². The van der Waals surface area contributed by atoms with Crippen LogP contribution in [0.5, 0.6) is 0 Å². The molecule has 0 radical (unpaired) electrons. The zero-order valence-electron chi connectivity index (χ0n) is 13.1. The van der Waals surface area contributed by atoms with E-state index in [9.17, 15) is 13.6 Å². The summed E-state index contributed by atoms with van der Waals surface area (Å²) in [5.41, 5.74) is 0. The first-order valence-electron chi connectivity index (χ1n) is 8.23. The molecule has 1 heterocycles. The Labute approximate surface area is 140 Å². The van der Waals surface area contributed by atoms with Crippen molar-refractivity contribution in [3.05, 3.63) is 29.8 Å². The summed E-state index contributed by atoms with van der Waals surface area (Å²) in [4.78, 5) is 17.3. The first-order chi connectivity index (χ1) is 11.1.